The first kappa shape index (κ1) is 23.5. The van der Waals surface area contributed by atoms with Crippen molar-refractivity contribution in [2.24, 2.45) is 0 Å². The number of aryl methyl sites for hydroxylation is 1. The number of nitrogens with zero attached hydrogens (tertiary/aromatic N) is 2. The van der Waals surface area contributed by atoms with Gasteiger partial charge in [-0.15, -0.1) is 0 Å². The van der Waals surface area contributed by atoms with Crippen molar-refractivity contribution in [3.8, 4) is 0 Å². The van der Waals surface area contributed by atoms with Crippen LogP contribution in [0.4, 0.5) is 0 Å². The summed E-state index contributed by atoms with van der Waals surface area (Å²) in [6.07, 6.45) is 6.91. The molecule has 2 atom stereocenters. The Morgan fingerprint density at radius 1 is 0.971 bits per heavy atom. The number of sulfonamides is 1. The fourth-order valence-corrected chi connectivity index (χ4v) is 8.07. The number of imide groups is 1. The largest absolute Gasteiger partial charge is 0.335 e. The Hall–Kier alpha value is -2.26. The minimum absolute atomic E-state index is 0.0697. The fraction of sp³-hybridized carbons (Fsp3) is 0.640. The van der Waals surface area contributed by atoms with E-state index in [1.807, 2.05) is 17.9 Å². The van der Waals surface area contributed by atoms with E-state index >= 15 is 0 Å². The van der Waals surface area contributed by atoms with Crippen LogP contribution in [0.2, 0.25) is 0 Å². The summed E-state index contributed by atoms with van der Waals surface area (Å²) in [5.74, 6) is -0.346. The van der Waals surface area contributed by atoms with Gasteiger partial charge in [0.1, 0.15) is 5.54 Å². The molecule has 9 heteroatoms. The van der Waals surface area contributed by atoms with Crippen molar-refractivity contribution in [2.45, 2.75) is 106 Å². The summed E-state index contributed by atoms with van der Waals surface area (Å²) in [4.78, 5) is 42.2. The predicted octanol–water partition coefficient (Wildman–Crippen LogP) is 2.65. The third-order valence-electron chi connectivity index (χ3n) is 8.14. The van der Waals surface area contributed by atoms with E-state index in [1.165, 1.54) is 4.90 Å². The van der Waals surface area contributed by atoms with Gasteiger partial charge in [-0.25, -0.2) is 8.42 Å². The SMILES string of the molecule is Cc1cccc(S(=O)(=O)NC2(C(=O)N3C4CCC3CC(N3C(=O)CCC3=O)C4)CCCCC2)c1. The number of carbonyl (C=O) groups is 3. The lowest BCUT2D eigenvalue weighted by atomic mass is 9.80. The third kappa shape index (κ3) is 4.06. The van der Waals surface area contributed by atoms with Crippen molar-refractivity contribution in [1.82, 2.24) is 14.5 Å². The van der Waals surface area contributed by atoms with Crippen LogP contribution in [0.1, 0.15) is 76.2 Å². The molecular formula is C25H33N3O5S. The molecule has 0 radical (unpaired) electrons. The van der Waals surface area contributed by atoms with Crippen molar-refractivity contribution in [2.75, 3.05) is 0 Å². The molecule has 0 spiro atoms. The van der Waals surface area contributed by atoms with Crippen molar-refractivity contribution in [3.63, 3.8) is 0 Å². The number of piperidine rings is 1. The fourth-order valence-electron chi connectivity index (χ4n) is 6.55. The van der Waals surface area contributed by atoms with E-state index in [0.29, 0.717) is 25.7 Å². The molecule has 1 aromatic rings. The molecule has 1 aromatic carbocycles. The monoisotopic (exact) mass is 487 g/mol. The highest BCUT2D eigenvalue weighted by Crippen LogP contribution is 2.42. The molecule has 2 bridgehead atoms. The number of benzene rings is 1. The first-order valence-corrected chi connectivity index (χ1v) is 14.0. The van der Waals surface area contributed by atoms with E-state index in [4.69, 9.17) is 0 Å². The summed E-state index contributed by atoms with van der Waals surface area (Å²) in [5.41, 5.74) is -0.300. The molecule has 3 amide bonds. The lowest BCUT2D eigenvalue weighted by molar-refractivity contribution is -0.148. The Bertz CT molecular complexity index is 1080. The molecule has 184 valence electrons. The van der Waals surface area contributed by atoms with Gasteiger partial charge in [-0.1, -0.05) is 31.4 Å². The van der Waals surface area contributed by atoms with Crippen molar-refractivity contribution >= 4 is 27.7 Å². The molecule has 34 heavy (non-hydrogen) atoms. The van der Waals surface area contributed by atoms with Gasteiger partial charge in [0.05, 0.1) is 4.90 Å². The number of hydrogen-bond donors (Lipinski definition) is 1. The number of carbonyl (C=O) groups excluding carboxylic acids is 3. The zero-order chi connectivity index (χ0) is 24.1. The quantitative estimate of drug-likeness (QED) is 0.643. The minimum atomic E-state index is -3.87. The third-order valence-corrected chi connectivity index (χ3v) is 9.68. The Labute approximate surface area is 201 Å². The summed E-state index contributed by atoms with van der Waals surface area (Å²) in [7, 11) is -3.87. The number of hydrogen-bond acceptors (Lipinski definition) is 5. The summed E-state index contributed by atoms with van der Waals surface area (Å²) >= 11 is 0. The molecular weight excluding hydrogens is 454 g/mol. The van der Waals surface area contributed by atoms with Crippen LogP contribution in [0.25, 0.3) is 0 Å². The first-order chi connectivity index (χ1) is 16.2. The minimum Gasteiger partial charge on any atom is -0.335 e. The van der Waals surface area contributed by atoms with Crippen LogP contribution in [0.5, 0.6) is 0 Å². The molecule has 5 rings (SSSR count). The topological polar surface area (TPSA) is 104 Å². The first-order valence-electron chi connectivity index (χ1n) is 12.5. The van der Waals surface area contributed by atoms with Gasteiger partial charge in [0, 0.05) is 31.0 Å². The van der Waals surface area contributed by atoms with E-state index in [2.05, 4.69) is 4.72 Å². The summed E-state index contributed by atoms with van der Waals surface area (Å²) in [6, 6.07) is 6.46. The van der Waals surface area contributed by atoms with Crippen molar-refractivity contribution in [3.05, 3.63) is 29.8 Å². The smallest absolute Gasteiger partial charge is 0.244 e. The number of rotatable bonds is 5. The van der Waals surface area contributed by atoms with Gasteiger partial charge in [0.2, 0.25) is 27.7 Å². The highest BCUT2D eigenvalue weighted by Gasteiger charge is 2.53. The molecule has 2 unspecified atom stereocenters. The van der Waals surface area contributed by atoms with Crippen LogP contribution in [-0.2, 0) is 24.4 Å². The molecule has 3 heterocycles. The van der Waals surface area contributed by atoms with Gasteiger partial charge < -0.3 is 4.90 Å². The molecule has 4 aliphatic rings. The zero-order valence-electron chi connectivity index (χ0n) is 19.7. The van der Waals surface area contributed by atoms with E-state index < -0.39 is 15.6 Å². The molecule has 1 saturated carbocycles. The van der Waals surface area contributed by atoms with E-state index in [9.17, 15) is 22.8 Å². The van der Waals surface area contributed by atoms with Crippen molar-refractivity contribution in [1.29, 1.82) is 0 Å². The van der Waals surface area contributed by atoms with Crippen molar-refractivity contribution < 1.29 is 22.8 Å². The van der Waals surface area contributed by atoms with E-state index in [0.717, 1.165) is 37.7 Å². The second-order valence-corrected chi connectivity index (χ2v) is 12.1. The standard InChI is InChI=1S/C25H33N3O5S/c1-17-6-5-7-21(14-17)34(32,33)26-25(12-3-2-4-13-25)24(31)27-18-8-9-19(27)16-20(15-18)28-22(29)10-11-23(28)30/h5-7,14,18-20,26H,2-4,8-13,15-16H2,1H3. The van der Waals surface area contributed by atoms with Crippen LogP contribution in [0.15, 0.2) is 29.2 Å². The maximum atomic E-state index is 14.1. The molecule has 0 aromatic heterocycles. The van der Waals surface area contributed by atoms with E-state index in [-0.39, 0.29) is 53.6 Å². The van der Waals surface area contributed by atoms with Gasteiger partial charge >= 0.3 is 0 Å². The lowest BCUT2D eigenvalue weighted by Crippen LogP contribution is -2.64. The summed E-state index contributed by atoms with van der Waals surface area (Å²) in [5, 5.41) is 0. The zero-order valence-corrected chi connectivity index (χ0v) is 20.5. The van der Waals surface area contributed by atoms with Crippen LogP contribution < -0.4 is 4.72 Å². The Morgan fingerprint density at radius 3 is 2.18 bits per heavy atom. The molecule has 8 nitrogen and oxygen atoms in total. The maximum absolute atomic E-state index is 14.1. The second kappa shape index (κ2) is 8.75. The molecule has 4 fully saturated rings. The number of fused-ring (bicyclic) bond motifs is 2. The Balaban J connectivity index is 1.40. The number of likely N-dealkylation sites (tertiary alicyclic amines) is 1. The van der Waals surface area contributed by atoms with E-state index in [1.54, 1.807) is 18.2 Å². The highest BCUT2D eigenvalue weighted by molar-refractivity contribution is 7.89. The van der Waals surface area contributed by atoms with Gasteiger partial charge in [0.25, 0.3) is 0 Å². The van der Waals surface area contributed by atoms with Gasteiger partial charge in [-0.2, -0.15) is 4.72 Å². The Kier molecular flexibility index (Phi) is 6.04. The van der Waals surface area contributed by atoms with Gasteiger partial charge in [-0.3, -0.25) is 19.3 Å². The maximum Gasteiger partial charge on any atom is 0.244 e. The van der Waals surface area contributed by atoms with Gasteiger partial charge in [0.15, 0.2) is 0 Å². The molecule has 3 aliphatic heterocycles. The summed E-state index contributed by atoms with van der Waals surface area (Å²) in [6.45, 7) is 1.85. The number of nitrogens with one attached hydrogen (secondary N) is 1. The second-order valence-electron chi connectivity index (χ2n) is 10.4. The molecule has 1 N–H and O–H groups in total. The predicted molar refractivity (Wildman–Crippen MR) is 125 cm³/mol. The molecule has 3 saturated heterocycles. The van der Waals surface area contributed by atoms with Crippen LogP contribution in [0.3, 0.4) is 0 Å². The average Bonchev–Trinajstić information content (AvgIpc) is 3.27. The Morgan fingerprint density at radius 2 is 1.59 bits per heavy atom. The normalized spacial score (nSPS) is 29.0. The molecule has 1 aliphatic carbocycles. The van der Waals surface area contributed by atoms with Gasteiger partial charge in [-0.05, 0) is 63.1 Å². The van der Waals surface area contributed by atoms with Crippen LogP contribution >= 0.6 is 0 Å². The average molecular weight is 488 g/mol. The van der Waals surface area contributed by atoms with Crippen LogP contribution in [-0.4, -0.2) is 59.6 Å². The van der Waals surface area contributed by atoms with Crippen LogP contribution in [0, 0.1) is 6.92 Å². The number of amides is 3. The summed E-state index contributed by atoms with van der Waals surface area (Å²) < 4.78 is 29.6. The lowest BCUT2D eigenvalue weighted by Gasteiger charge is -2.47. The highest BCUT2D eigenvalue weighted by atomic mass is 32.2.